The second-order valence-corrected chi connectivity index (χ2v) is 5.30. The number of hydrogen-bond donors (Lipinski definition) is 1. The first-order chi connectivity index (χ1) is 10.8. The number of aromatic nitrogens is 2. The molecule has 1 aliphatic rings. The lowest BCUT2D eigenvalue weighted by Gasteiger charge is -2.22. The van der Waals surface area contributed by atoms with Crippen LogP contribution >= 0.6 is 0 Å². The van der Waals surface area contributed by atoms with Crippen LogP contribution in [0.3, 0.4) is 0 Å². The molecule has 1 aromatic heterocycles. The van der Waals surface area contributed by atoms with Crippen molar-refractivity contribution in [2.24, 2.45) is 4.99 Å². The topological polar surface area (TPSA) is 53.4 Å². The largest absolute Gasteiger partial charge is 0.356 e. The lowest BCUT2D eigenvalue weighted by molar-refractivity contribution is 0.864. The van der Waals surface area contributed by atoms with Gasteiger partial charge in [0, 0.05) is 25.0 Å². The summed E-state index contributed by atoms with van der Waals surface area (Å²) in [6, 6.07) is 10.4. The summed E-state index contributed by atoms with van der Waals surface area (Å²) in [6.07, 6.45) is 2.85. The van der Waals surface area contributed by atoms with E-state index in [0.29, 0.717) is 6.54 Å². The number of para-hydroxylation sites is 1. The Bertz CT molecular complexity index is 680. The van der Waals surface area contributed by atoms with Crippen LogP contribution < -0.4 is 10.2 Å². The summed E-state index contributed by atoms with van der Waals surface area (Å²) in [5, 5.41) is 3.38. The molecule has 0 amide bonds. The van der Waals surface area contributed by atoms with Crippen LogP contribution in [0.2, 0.25) is 0 Å². The molecule has 0 spiro atoms. The fourth-order valence-electron chi connectivity index (χ4n) is 2.70. The third-order valence-corrected chi connectivity index (χ3v) is 3.70. The third-order valence-electron chi connectivity index (χ3n) is 3.70. The molecule has 0 radical (unpaired) electrons. The van der Waals surface area contributed by atoms with Crippen molar-refractivity contribution in [2.45, 2.75) is 26.8 Å². The van der Waals surface area contributed by atoms with Gasteiger partial charge in [-0.15, -0.1) is 0 Å². The summed E-state index contributed by atoms with van der Waals surface area (Å²) in [5.41, 5.74) is 3.57. The Morgan fingerprint density at radius 1 is 1.32 bits per heavy atom. The van der Waals surface area contributed by atoms with Crippen molar-refractivity contribution in [3.8, 4) is 0 Å². The van der Waals surface area contributed by atoms with Crippen LogP contribution in [-0.2, 0) is 13.0 Å². The Kier molecular flexibility index (Phi) is 4.32. The normalized spacial score (nSPS) is 14.1. The number of nitrogens with zero attached hydrogens (tertiary/aromatic N) is 4. The number of aliphatic imine (C=N–C) groups is 1. The molecule has 0 aliphatic carbocycles. The molecule has 1 N–H and O–H groups in total. The van der Waals surface area contributed by atoms with E-state index in [1.807, 2.05) is 13.0 Å². The van der Waals surface area contributed by atoms with Gasteiger partial charge in [-0.05, 0) is 38.0 Å². The van der Waals surface area contributed by atoms with Gasteiger partial charge in [0.05, 0.1) is 12.2 Å². The molecular formula is C17H21N5. The molecule has 3 rings (SSSR count). The predicted octanol–water partition coefficient (Wildman–Crippen LogP) is 2.31. The van der Waals surface area contributed by atoms with E-state index in [2.05, 4.69) is 51.4 Å². The molecule has 0 saturated carbocycles. The minimum absolute atomic E-state index is 0.560. The van der Waals surface area contributed by atoms with Crippen molar-refractivity contribution in [1.29, 1.82) is 0 Å². The molecule has 5 nitrogen and oxygen atoms in total. The van der Waals surface area contributed by atoms with E-state index in [1.165, 1.54) is 11.3 Å². The maximum atomic E-state index is 4.75. The standard InChI is InChI=1S/C17H21N5/c1-3-18-17(20-12-15-8-10-19-13(2)21-15)22-11-9-14-6-4-5-7-16(14)22/h4-8,10H,3,9,11-12H2,1-2H3,(H,18,20). The van der Waals surface area contributed by atoms with Crippen LogP contribution in [0.4, 0.5) is 5.69 Å². The predicted molar refractivity (Wildman–Crippen MR) is 89.1 cm³/mol. The molecule has 5 heteroatoms. The van der Waals surface area contributed by atoms with Gasteiger partial charge in [0.15, 0.2) is 5.96 Å². The first kappa shape index (κ1) is 14.5. The number of rotatable bonds is 3. The van der Waals surface area contributed by atoms with Crippen molar-refractivity contribution in [3.63, 3.8) is 0 Å². The van der Waals surface area contributed by atoms with Crippen molar-refractivity contribution in [3.05, 3.63) is 53.6 Å². The van der Waals surface area contributed by atoms with Gasteiger partial charge in [0.25, 0.3) is 0 Å². The first-order valence-electron chi connectivity index (χ1n) is 7.70. The minimum atomic E-state index is 0.560. The van der Waals surface area contributed by atoms with Gasteiger partial charge < -0.3 is 10.2 Å². The van der Waals surface area contributed by atoms with Crippen LogP contribution in [0.25, 0.3) is 0 Å². The zero-order valence-electron chi connectivity index (χ0n) is 13.1. The first-order valence-corrected chi connectivity index (χ1v) is 7.70. The maximum Gasteiger partial charge on any atom is 0.198 e. The maximum absolute atomic E-state index is 4.75. The summed E-state index contributed by atoms with van der Waals surface area (Å²) in [4.78, 5) is 15.5. The number of guanidine groups is 1. The molecule has 0 bridgehead atoms. The van der Waals surface area contributed by atoms with Crippen LogP contribution in [0.15, 0.2) is 41.5 Å². The number of benzene rings is 1. The highest BCUT2D eigenvalue weighted by atomic mass is 15.3. The Balaban J connectivity index is 1.83. The highest BCUT2D eigenvalue weighted by Crippen LogP contribution is 2.27. The van der Waals surface area contributed by atoms with E-state index in [1.54, 1.807) is 6.20 Å². The Hall–Kier alpha value is -2.43. The zero-order chi connectivity index (χ0) is 15.4. The fraction of sp³-hybridized carbons (Fsp3) is 0.353. The number of hydrogen-bond acceptors (Lipinski definition) is 3. The summed E-state index contributed by atoms with van der Waals surface area (Å²) in [6.45, 7) is 6.36. The lowest BCUT2D eigenvalue weighted by Crippen LogP contribution is -2.40. The fourth-order valence-corrected chi connectivity index (χ4v) is 2.70. The molecule has 0 unspecified atom stereocenters. The van der Waals surface area contributed by atoms with E-state index < -0.39 is 0 Å². The number of nitrogens with one attached hydrogen (secondary N) is 1. The van der Waals surface area contributed by atoms with Gasteiger partial charge in [-0.2, -0.15) is 0 Å². The molecule has 0 fully saturated rings. The SMILES string of the molecule is CCNC(=NCc1ccnc(C)n1)N1CCc2ccccc21. The molecule has 2 aromatic rings. The van der Waals surface area contributed by atoms with Gasteiger partial charge in [0.1, 0.15) is 5.82 Å². The van der Waals surface area contributed by atoms with Crippen molar-refractivity contribution < 1.29 is 0 Å². The molecule has 1 aromatic carbocycles. The molecule has 2 heterocycles. The van der Waals surface area contributed by atoms with E-state index in [0.717, 1.165) is 37.0 Å². The van der Waals surface area contributed by atoms with Gasteiger partial charge >= 0.3 is 0 Å². The van der Waals surface area contributed by atoms with E-state index in [9.17, 15) is 0 Å². The van der Waals surface area contributed by atoms with E-state index >= 15 is 0 Å². The molecular weight excluding hydrogens is 274 g/mol. The van der Waals surface area contributed by atoms with Crippen molar-refractivity contribution in [2.75, 3.05) is 18.0 Å². The van der Waals surface area contributed by atoms with E-state index in [-0.39, 0.29) is 0 Å². The molecule has 0 saturated heterocycles. The number of fused-ring (bicyclic) bond motifs is 1. The average Bonchev–Trinajstić information content (AvgIpc) is 2.95. The average molecular weight is 295 g/mol. The van der Waals surface area contributed by atoms with Crippen LogP contribution in [0.5, 0.6) is 0 Å². The number of anilines is 1. The highest BCUT2D eigenvalue weighted by Gasteiger charge is 2.22. The quantitative estimate of drug-likeness (QED) is 0.697. The minimum Gasteiger partial charge on any atom is -0.356 e. The van der Waals surface area contributed by atoms with Crippen LogP contribution in [0, 0.1) is 6.92 Å². The molecule has 0 atom stereocenters. The Morgan fingerprint density at radius 3 is 3.00 bits per heavy atom. The van der Waals surface area contributed by atoms with Gasteiger partial charge in [-0.1, -0.05) is 18.2 Å². The lowest BCUT2D eigenvalue weighted by atomic mass is 10.2. The van der Waals surface area contributed by atoms with Crippen LogP contribution in [-0.4, -0.2) is 29.0 Å². The van der Waals surface area contributed by atoms with Crippen molar-refractivity contribution in [1.82, 2.24) is 15.3 Å². The Morgan fingerprint density at radius 2 is 2.18 bits per heavy atom. The van der Waals surface area contributed by atoms with E-state index in [4.69, 9.17) is 4.99 Å². The molecule has 22 heavy (non-hydrogen) atoms. The third kappa shape index (κ3) is 3.08. The second-order valence-electron chi connectivity index (χ2n) is 5.30. The van der Waals surface area contributed by atoms with Crippen LogP contribution in [0.1, 0.15) is 24.0 Å². The summed E-state index contributed by atoms with van der Waals surface area (Å²) < 4.78 is 0. The Labute approximate surface area is 131 Å². The zero-order valence-corrected chi connectivity index (χ0v) is 13.1. The van der Waals surface area contributed by atoms with Gasteiger partial charge in [0.2, 0.25) is 0 Å². The monoisotopic (exact) mass is 295 g/mol. The highest BCUT2D eigenvalue weighted by molar-refractivity contribution is 5.97. The van der Waals surface area contributed by atoms with Gasteiger partial charge in [-0.25, -0.2) is 15.0 Å². The smallest absolute Gasteiger partial charge is 0.198 e. The summed E-state index contributed by atoms with van der Waals surface area (Å²) in [7, 11) is 0. The van der Waals surface area contributed by atoms with Gasteiger partial charge in [-0.3, -0.25) is 0 Å². The summed E-state index contributed by atoms with van der Waals surface area (Å²) >= 11 is 0. The molecule has 114 valence electrons. The second kappa shape index (κ2) is 6.56. The van der Waals surface area contributed by atoms with Crippen molar-refractivity contribution >= 4 is 11.6 Å². The molecule has 1 aliphatic heterocycles. The summed E-state index contributed by atoms with van der Waals surface area (Å²) in [5.74, 6) is 1.70. The number of aryl methyl sites for hydroxylation is 1.